The van der Waals surface area contributed by atoms with Gasteiger partial charge in [-0.25, -0.2) is 4.79 Å². The second-order valence-electron chi connectivity index (χ2n) is 4.71. The second-order valence-corrected chi connectivity index (χ2v) is 5.15. The number of carbonyl (C=O) groups is 2. The zero-order valence-electron chi connectivity index (χ0n) is 10.3. The van der Waals surface area contributed by atoms with Crippen molar-refractivity contribution in [3.63, 3.8) is 0 Å². The SMILES string of the molecule is CC1CCN(C(=O)c2ccc(Cl)cc2O)C1C(=O)O. The molecule has 6 heteroatoms. The van der Waals surface area contributed by atoms with Crippen LogP contribution in [0.25, 0.3) is 0 Å². The van der Waals surface area contributed by atoms with E-state index in [0.29, 0.717) is 18.0 Å². The van der Waals surface area contributed by atoms with E-state index < -0.39 is 17.9 Å². The first-order valence-electron chi connectivity index (χ1n) is 5.94. The van der Waals surface area contributed by atoms with Gasteiger partial charge < -0.3 is 15.1 Å². The zero-order valence-corrected chi connectivity index (χ0v) is 11.1. The van der Waals surface area contributed by atoms with Gasteiger partial charge in [-0.15, -0.1) is 0 Å². The molecule has 2 rings (SSSR count). The number of rotatable bonds is 2. The highest BCUT2D eigenvalue weighted by molar-refractivity contribution is 6.30. The van der Waals surface area contributed by atoms with Gasteiger partial charge >= 0.3 is 5.97 Å². The van der Waals surface area contributed by atoms with Crippen LogP contribution in [-0.2, 0) is 4.79 Å². The first-order valence-corrected chi connectivity index (χ1v) is 6.32. The van der Waals surface area contributed by atoms with Crippen LogP contribution in [0, 0.1) is 5.92 Å². The predicted octanol–water partition coefficient (Wildman–Crippen LogP) is 1.98. The Morgan fingerprint density at radius 3 is 2.68 bits per heavy atom. The number of carboxylic acids is 1. The minimum atomic E-state index is -1.02. The topological polar surface area (TPSA) is 77.8 Å². The van der Waals surface area contributed by atoms with E-state index in [2.05, 4.69) is 0 Å². The van der Waals surface area contributed by atoms with Crippen molar-refractivity contribution in [3.8, 4) is 5.75 Å². The quantitative estimate of drug-likeness (QED) is 0.870. The summed E-state index contributed by atoms with van der Waals surface area (Å²) >= 11 is 5.70. The van der Waals surface area contributed by atoms with Crippen molar-refractivity contribution in [2.45, 2.75) is 19.4 Å². The van der Waals surface area contributed by atoms with Gasteiger partial charge in [-0.05, 0) is 30.5 Å². The summed E-state index contributed by atoms with van der Waals surface area (Å²) in [5, 5.41) is 19.2. The maximum absolute atomic E-state index is 12.3. The lowest BCUT2D eigenvalue weighted by Gasteiger charge is -2.23. The molecule has 1 aliphatic heterocycles. The molecule has 5 nitrogen and oxygen atoms in total. The molecule has 2 unspecified atom stereocenters. The number of carbonyl (C=O) groups excluding carboxylic acids is 1. The average Bonchev–Trinajstić information content (AvgIpc) is 2.70. The predicted molar refractivity (Wildman–Crippen MR) is 69.4 cm³/mol. The first-order chi connectivity index (χ1) is 8.91. The van der Waals surface area contributed by atoms with E-state index in [-0.39, 0.29) is 17.2 Å². The van der Waals surface area contributed by atoms with Gasteiger partial charge in [-0.2, -0.15) is 0 Å². The summed E-state index contributed by atoms with van der Waals surface area (Å²) in [5.74, 6) is -1.84. The molecule has 1 fully saturated rings. The number of nitrogens with zero attached hydrogens (tertiary/aromatic N) is 1. The van der Waals surface area contributed by atoms with Gasteiger partial charge in [0.15, 0.2) is 0 Å². The van der Waals surface area contributed by atoms with Gasteiger partial charge in [0.05, 0.1) is 5.56 Å². The monoisotopic (exact) mass is 283 g/mol. The fourth-order valence-electron chi connectivity index (χ4n) is 2.39. The number of aromatic hydroxyl groups is 1. The molecule has 1 aliphatic rings. The average molecular weight is 284 g/mol. The smallest absolute Gasteiger partial charge is 0.326 e. The minimum absolute atomic E-state index is 0.0738. The highest BCUT2D eigenvalue weighted by Gasteiger charge is 2.40. The van der Waals surface area contributed by atoms with Crippen LogP contribution in [0.4, 0.5) is 0 Å². The molecule has 0 radical (unpaired) electrons. The molecule has 0 saturated carbocycles. The molecular formula is C13H14ClNO4. The van der Waals surface area contributed by atoms with E-state index in [0.717, 1.165) is 0 Å². The summed E-state index contributed by atoms with van der Waals surface area (Å²) < 4.78 is 0. The molecule has 1 aromatic rings. The molecular weight excluding hydrogens is 270 g/mol. The normalized spacial score (nSPS) is 22.5. The van der Waals surface area contributed by atoms with Crippen LogP contribution in [0.2, 0.25) is 5.02 Å². The number of benzene rings is 1. The van der Waals surface area contributed by atoms with E-state index in [1.165, 1.54) is 23.1 Å². The van der Waals surface area contributed by atoms with Gasteiger partial charge in [-0.1, -0.05) is 18.5 Å². The maximum atomic E-state index is 12.3. The van der Waals surface area contributed by atoms with E-state index in [9.17, 15) is 19.8 Å². The molecule has 1 saturated heterocycles. The number of halogens is 1. The van der Waals surface area contributed by atoms with Gasteiger partial charge in [0, 0.05) is 11.6 Å². The Morgan fingerprint density at radius 2 is 2.11 bits per heavy atom. The number of aliphatic carboxylic acids is 1. The van der Waals surface area contributed by atoms with Crippen molar-refractivity contribution >= 4 is 23.5 Å². The maximum Gasteiger partial charge on any atom is 0.326 e. The minimum Gasteiger partial charge on any atom is -0.507 e. The van der Waals surface area contributed by atoms with Crippen molar-refractivity contribution in [1.29, 1.82) is 0 Å². The van der Waals surface area contributed by atoms with E-state index in [1.54, 1.807) is 6.92 Å². The highest BCUT2D eigenvalue weighted by Crippen LogP contribution is 2.29. The number of phenolic OH excluding ortho intramolecular Hbond substituents is 1. The Balaban J connectivity index is 2.31. The lowest BCUT2D eigenvalue weighted by Crippen LogP contribution is -2.42. The largest absolute Gasteiger partial charge is 0.507 e. The van der Waals surface area contributed by atoms with Crippen LogP contribution < -0.4 is 0 Å². The Labute approximate surface area is 115 Å². The van der Waals surface area contributed by atoms with Crippen LogP contribution in [0.3, 0.4) is 0 Å². The van der Waals surface area contributed by atoms with Gasteiger partial charge in [0.25, 0.3) is 5.91 Å². The third kappa shape index (κ3) is 2.51. The number of amides is 1. The Hall–Kier alpha value is -1.75. The fraction of sp³-hybridized carbons (Fsp3) is 0.385. The molecule has 102 valence electrons. The summed E-state index contributed by atoms with van der Waals surface area (Å²) in [6.07, 6.45) is 0.636. The zero-order chi connectivity index (χ0) is 14.2. The molecule has 19 heavy (non-hydrogen) atoms. The number of carboxylic acid groups (broad SMARTS) is 1. The third-order valence-electron chi connectivity index (χ3n) is 3.40. The van der Waals surface area contributed by atoms with Gasteiger partial charge in [-0.3, -0.25) is 4.79 Å². The molecule has 2 N–H and O–H groups in total. The molecule has 0 aromatic heterocycles. The lowest BCUT2D eigenvalue weighted by molar-refractivity contribution is -0.142. The number of likely N-dealkylation sites (tertiary alicyclic amines) is 1. The van der Waals surface area contributed by atoms with Gasteiger partial charge in [0.2, 0.25) is 0 Å². The number of hydrogen-bond acceptors (Lipinski definition) is 3. The molecule has 0 spiro atoms. The van der Waals surface area contributed by atoms with Crippen molar-refractivity contribution < 1.29 is 19.8 Å². The summed E-state index contributed by atoms with van der Waals surface area (Å²) in [5.41, 5.74) is 0.0738. The molecule has 0 aliphatic carbocycles. The molecule has 1 amide bonds. The molecule has 0 bridgehead atoms. The summed E-state index contributed by atoms with van der Waals surface area (Å²) in [4.78, 5) is 24.8. The molecule has 2 atom stereocenters. The third-order valence-corrected chi connectivity index (χ3v) is 3.64. The van der Waals surface area contributed by atoms with Crippen LogP contribution in [0.15, 0.2) is 18.2 Å². The van der Waals surface area contributed by atoms with E-state index in [1.807, 2.05) is 0 Å². The first kappa shape index (κ1) is 13.7. The van der Waals surface area contributed by atoms with Crippen LogP contribution in [0.1, 0.15) is 23.7 Å². The van der Waals surface area contributed by atoms with Crippen LogP contribution in [-0.4, -0.2) is 39.6 Å². The standard InChI is InChI=1S/C13H14ClNO4/c1-7-4-5-15(11(7)13(18)19)12(17)9-3-2-8(14)6-10(9)16/h2-3,6-7,11,16H,4-5H2,1H3,(H,18,19). The number of phenols is 1. The highest BCUT2D eigenvalue weighted by atomic mass is 35.5. The van der Waals surface area contributed by atoms with Crippen LogP contribution in [0.5, 0.6) is 5.75 Å². The van der Waals surface area contributed by atoms with Crippen molar-refractivity contribution in [3.05, 3.63) is 28.8 Å². The van der Waals surface area contributed by atoms with Crippen molar-refractivity contribution in [2.75, 3.05) is 6.54 Å². The molecule has 1 aromatic carbocycles. The second kappa shape index (κ2) is 5.09. The number of hydrogen-bond donors (Lipinski definition) is 2. The Morgan fingerprint density at radius 1 is 1.42 bits per heavy atom. The van der Waals surface area contributed by atoms with E-state index in [4.69, 9.17) is 11.6 Å². The fourth-order valence-corrected chi connectivity index (χ4v) is 2.56. The summed E-state index contributed by atoms with van der Waals surface area (Å²) in [7, 11) is 0. The van der Waals surface area contributed by atoms with Crippen molar-refractivity contribution in [1.82, 2.24) is 4.90 Å². The van der Waals surface area contributed by atoms with E-state index >= 15 is 0 Å². The Bertz CT molecular complexity index is 531. The van der Waals surface area contributed by atoms with Gasteiger partial charge in [0.1, 0.15) is 11.8 Å². The van der Waals surface area contributed by atoms with Crippen molar-refractivity contribution in [2.24, 2.45) is 5.92 Å². The Kier molecular flexibility index (Phi) is 3.66. The molecule has 1 heterocycles. The summed E-state index contributed by atoms with van der Waals surface area (Å²) in [6.45, 7) is 2.17. The lowest BCUT2D eigenvalue weighted by atomic mass is 10.0. The summed E-state index contributed by atoms with van der Waals surface area (Å²) in [6, 6.07) is 3.32. The van der Waals surface area contributed by atoms with Crippen LogP contribution >= 0.6 is 11.6 Å².